The quantitative estimate of drug-likeness (QED) is 0.683. The van der Waals surface area contributed by atoms with Gasteiger partial charge in [-0.05, 0) is 57.0 Å². The molecule has 4 rings (SSSR count). The zero-order chi connectivity index (χ0) is 18.1. The van der Waals surface area contributed by atoms with Gasteiger partial charge in [0.1, 0.15) is 5.01 Å². The van der Waals surface area contributed by atoms with Crippen LogP contribution in [-0.4, -0.2) is 34.6 Å². The van der Waals surface area contributed by atoms with Gasteiger partial charge in [-0.25, -0.2) is 4.98 Å². The standard InChI is InChI=1S/C21H28N4S/c1-4-25-13-19(22-3)18-11-16(5-6-20(18)25)21-23-17(14-26-21)12-24-9-7-15(2)8-10-24/h5-6,11,13-15,22H,4,7-10,12H2,1-3H3. The molecular formula is C21H28N4S. The minimum atomic E-state index is 0.876. The molecule has 1 aliphatic rings. The number of hydrogen-bond acceptors (Lipinski definition) is 4. The van der Waals surface area contributed by atoms with Crippen LogP contribution >= 0.6 is 11.3 Å². The lowest BCUT2D eigenvalue weighted by molar-refractivity contribution is 0.184. The first-order valence-electron chi connectivity index (χ1n) is 9.65. The number of piperidine rings is 1. The average Bonchev–Trinajstić information content (AvgIpc) is 3.27. The molecule has 1 N–H and O–H groups in total. The number of hydrogen-bond donors (Lipinski definition) is 1. The number of benzene rings is 1. The lowest BCUT2D eigenvalue weighted by atomic mass is 9.99. The highest BCUT2D eigenvalue weighted by atomic mass is 32.1. The van der Waals surface area contributed by atoms with E-state index < -0.39 is 0 Å². The Bertz CT molecular complexity index is 887. The van der Waals surface area contributed by atoms with Crippen molar-refractivity contribution in [2.75, 3.05) is 25.5 Å². The van der Waals surface area contributed by atoms with Crippen LogP contribution in [0.4, 0.5) is 5.69 Å². The summed E-state index contributed by atoms with van der Waals surface area (Å²) in [6, 6.07) is 6.71. The number of nitrogens with zero attached hydrogens (tertiary/aromatic N) is 3. The Morgan fingerprint density at radius 1 is 1.27 bits per heavy atom. The van der Waals surface area contributed by atoms with Crippen LogP contribution in [0.5, 0.6) is 0 Å². The largest absolute Gasteiger partial charge is 0.386 e. The van der Waals surface area contributed by atoms with E-state index in [1.807, 2.05) is 7.05 Å². The highest BCUT2D eigenvalue weighted by molar-refractivity contribution is 7.13. The first-order chi connectivity index (χ1) is 12.7. The Labute approximate surface area is 159 Å². The number of nitrogens with one attached hydrogen (secondary N) is 1. The van der Waals surface area contributed by atoms with Gasteiger partial charge >= 0.3 is 0 Å². The van der Waals surface area contributed by atoms with Gasteiger partial charge in [0.15, 0.2) is 0 Å². The molecule has 4 nitrogen and oxygen atoms in total. The summed E-state index contributed by atoms with van der Waals surface area (Å²) in [5.41, 5.74) is 4.88. The van der Waals surface area contributed by atoms with E-state index in [1.54, 1.807) is 11.3 Å². The molecule has 26 heavy (non-hydrogen) atoms. The fraction of sp³-hybridized carbons (Fsp3) is 0.476. The van der Waals surface area contributed by atoms with Gasteiger partial charge in [0, 0.05) is 42.7 Å². The van der Waals surface area contributed by atoms with Crippen molar-refractivity contribution < 1.29 is 0 Å². The van der Waals surface area contributed by atoms with Crippen molar-refractivity contribution in [3.05, 3.63) is 35.5 Å². The third kappa shape index (κ3) is 3.38. The maximum Gasteiger partial charge on any atom is 0.123 e. The molecular weight excluding hydrogens is 340 g/mol. The number of rotatable bonds is 5. The zero-order valence-corrected chi connectivity index (χ0v) is 16.8. The molecule has 0 aliphatic carbocycles. The van der Waals surface area contributed by atoms with Crippen molar-refractivity contribution in [1.29, 1.82) is 0 Å². The summed E-state index contributed by atoms with van der Waals surface area (Å²) < 4.78 is 2.29. The predicted molar refractivity (Wildman–Crippen MR) is 112 cm³/mol. The molecule has 3 aromatic rings. The summed E-state index contributed by atoms with van der Waals surface area (Å²) in [7, 11) is 1.99. The van der Waals surface area contributed by atoms with Crippen molar-refractivity contribution in [2.24, 2.45) is 5.92 Å². The molecule has 0 atom stereocenters. The monoisotopic (exact) mass is 368 g/mol. The Morgan fingerprint density at radius 3 is 2.81 bits per heavy atom. The molecule has 5 heteroatoms. The molecule has 0 unspecified atom stereocenters. The van der Waals surface area contributed by atoms with E-state index in [4.69, 9.17) is 4.98 Å². The lowest BCUT2D eigenvalue weighted by Crippen LogP contribution is -2.32. The number of aryl methyl sites for hydroxylation is 1. The fourth-order valence-electron chi connectivity index (χ4n) is 3.85. The number of thiazole rings is 1. The Morgan fingerprint density at radius 2 is 2.08 bits per heavy atom. The Balaban J connectivity index is 1.57. The fourth-order valence-corrected chi connectivity index (χ4v) is 4.66. The normalized spacial score (nSPS) is 16.4. The third-order valence-corrected chi connectivity index (χ3v) is 6.49. The third-order valence-electron chi connectivity index (χ3n) is 5.55. The van der Waals surface area contributed by atoms with Crippen LogP contribution in [0.25, 0.3) is 21.5 Å². The maximum absolute atomic E-state index is 4.93. The second kappa shape index (κ2) is 7.41. The van der Waals surface area contributed by atoms with Gasteiger partial charge in [0.25, 0.3) is 0 Å². The van der Waals surface area contributed by atoms with Gasteiger partial charge in [0.2, 0.25) is 0 Å². The first-order valence-corrected chi connectivity index (χ1v) is 10.5. The highest BCUT2D eigenvalue weighted by Crippen LogP contribution is 2.32. The Hall–Kier alpha value is -1.85. The van der Waals surface area contributed by atoms with E-state index in [1.165, 1.54) is 53.8 Å². The molecule has 1 aromatic carbocycles. The van der Waals surface area contributed by atoms with E-state index >= 15 is 0 Å². The van der Waals surface area contributed by atoms with Crippen molar-refractivity contribution in [1.82, 2.24) is 14.5 Å². The molecule has 0 radical (unpaired) electrons. The molecule has 0 spiro atoms. The second-order valence-electron chi connectivity index (χ2n) is 7.41. The molecule has 138 valence electrons. The molecule has 1 saturated heterocycles. The van der Waals surface area contributed by atoms with E-state index in [0.29, 0.717) is 0 Å². The Kier molecular flexibility index (Phi) is 5.00. The zero-order valence-electron chi connectivity index (χ0n) is 16.0. The van der Waals surface area contributed by atoms with Crippen molar-refractivity contribution in [3.63, 3.8) is 0 Å². The van der Waals surface area contributed by atoms with E-state index in [9.17, 15) is 0 Å². The molecule has 2 aromatic heterocycles. The summed E-state index contributed by atoms with van der Waals surface area (Å²) in [4.78, 5) is 7.48. The summed E-state index contributed by atoms with van der Waals surface area (Å²) in [5, 5.41) is 7.95. The van der Waals surface area contributed by atoms with Crippen molar-refractivity contribution in [3.8, 4) is 10.6 Å². The van der Waals surface area contributed by atoms with Gasteiger partial charge in [-0.2, -0.15) is 0 Å². The highest BCUT2D eigenvalue weighted by Gasteiger charge is 2.17. The number of likely N-dealkylation sites (tertiary alicyclic amines) is 1. The van der Waals surface area contributed by atoms with Crippen LogP contribution in [0.1, 0.15) is 32.4 Å². The van der Waals surface area contributed by atoms with Crippen LogP contribution < -0.4 is 5.32 Å². The second-order valence-corrected chi connectivity index (χ2v) is 8.27. The van der Waals surface area contributed by atoms with E-state index in [-0.39, 0.29) is 0 Å². The molecule has 1 fully saturated rings. The molecule has 0 saturated carbocycles. The van der Waals surface area contributed by atoms with Crippen LogP contribution in [0.2, 0.25) is 0 Å². The molecule has 3 heterocycles. The summed E-state index contributed by atoms with van der Waals surface area (Å²) >= 11 is 1.76. The summed E-state index contributed by atoms with van der Waals surface area (Å²) in [6.07, 6.45) is 4.82. The van der Waals surface area contributed by atoms with Crippen LogP contribution in [-0.2, 0) is 13.1 Å². The van der Waals surface area contributed by atoms with Crippen LogP contribution in [0, 0.1) is 5.92 Å². The average molecular weight is 369 g/mol. The summed E-state index contributed by atoms with van der Waals surface area (Å²) in [5.74, 6) is 0.876. The van der Waals surface area contributed by atoms with E-state index in [0.717, 1.165) is 24.0 Å². The maximum atomic E-state index is 4.93. The smallest absolute Gasteiger partial charge is 0.123 e. The SMILES string of the molecule is CCn1cc(NC)c2cc(-c3nc(CN4CCC(C)CC4)cs3)ccc21. The minimum Gasteiger partial charge on any atom is -0.386 e. The topological polar surface area (TPSA) is 33.1 Å². The van der Waals surface area contributed by atoms with E-state index in [2.05, 4.69) is 58.4 Å². The molecule has 1 aliphatic heterocycles. The number of aromatic nitrogens is 2. The van der Waals surface area contributed by atoms with Gasteiger partial charge < -0.3 is 9.88 Å². The van der Waals surface area contributed by atoms with Gasteiger partial charge in [-0.3, -0.25) is 4.90 Å². The summed E-state index contributed by atoms with van der Waals surface area (Å²) in [6.45, 7) is 8.92. The molecule has 0 bridgehead atoms. The van der Waals surface area contributed by atoms with Gasteiger partial charge in [0.05, 0.1) is 16.9 Å². The van der Waals surface area contributed by atoms with Gasteiger partial charge in [-0.1, -0.05) is 6.92 Å². The molecule has 0 amide bonds. The number of fused-ring (bicyclic) bond motifs is 1. The van der Waals surface area contributed by atoms with Crippen LogP contribution in [0.15, 0.2) is 29.8 Å². The van der Waals surface area contributed by atoms with Crippen LogP contribution in [0.3, 0.4) is 0 Å². The minimum absolute atomic E-state index is 0.876. The van der Waals surface area contributed by atoms with Crippen molar-refractivity contribution in [2.45, 2.75) is 39.8 Å². The lowest BCUT2D eigenvalue weighted by Gasteiger charge is -2.29. The van der Waals surface area contributed by atoms with Crippen molar-refractivity contribution >= 4 is 27.9 Å². The van der Waals surface area contributed by atoms with Gasteiger partial charge in [-0.15, -0.1) is 11.3 Å². The number of anilines is 1. The first kappa shape index (κ1) is 17.6. The predicted octanol–water partition coefficient (Wildman–Crippen LogP) is 5.06.